The molecule has 12 nitrogen and oxygen atoms in total. The fourth-order valence-electron chi connectivity index (χ4n) is 8.12. The summed E-state index contributed by atoms with van der Waals surface area (Å²) in [6.45, 7) is 6.79. The van der Waals surface area contributed by atoms with Crippen LogP contribution in [0.25, 0.3) is 0 Å². The van der Waals surface area contributed by atoms with E-state index < -0.39 is 29.9 Å². The maximum Gasteiger partial charge on any atom is 0.412 e. The van der Waals surface area contributed by atoms with Crippen molar-refractivity contribution in [1.29, 1.82) is 0 Å². The van der Waals surface area contributed by atoms with Crippen molar-refractivity contribution in [3.63, 3.8) is 0 Å². The summed E-state index contributed by atoms with van der Waals surface area (Å²) in [5, 5.41) is 26.9. The highest BCUT2D eigenvalue weighted by molar-refractivity contribution is 6.02. The monoisotopic (exact) mass is 719 g/mol. The zero-order chi connectivity index (χ0) is 37.1. The topological polar surface area (TPSA) is 148 Å². The van der Waals surface area contributed by atoms with Crippen molar-refractivity contribution >= 4 is 17.9 Å². The number of methoxy groups -OCH3 is 1. The van der Waals surface area contributed by atoms with Gasteiger partial charge in [-0.15, -0.1) is 6.58 Å². The van der Waals surface area contributed by atoms with Crippen molar-refractivity contribution < 1.29 is 43.6 Å². The number of aliphatic hydroxyl groups excluding tert-OH is 2. The normalized spacial score (nSPS) is 25.1. The smallest absolute Gasteiger partial charge is 0.412 e. The third-order valence-electron chi connectivity index (χ3n) is 10.4. The number of ether oxygens (including phenoxy) is 4. The van der Waals surface area contributed by atoms with E-state index in [-0.39, 0.29) is 44.0 Å². The summed E-state index contributed by atoms with van der Waals surface area (Å²) in [7, 11) is 3.01. The van der Waals surface area contributed by atoms with Gasteiger partial charge in [-0.25, -0.2) is 9.59 Å². The molecule has 0 bridgehead atoms. The minimum absolute atomic E-state index is 0.0334. The first-order chi connectivity index (χ1) is 25.3. The second-order valence-corrected chi connectivity index (χ2v) is 13.5. The molecule has 282 valence electrons. The first kappa shape index (κ1) is 38.8. The molecule has 52 heavy (non-hydrogen) atoms. The van der Waals surface area contributed by atoms with Crippen molar-refractivity contribution in [3.8, 4) is 11.5 Å². The second kappa shape index (κ2) is 18.4. The molecule has 0 radical (unpaired) electrons. The number of oxime groups is 1. The van der Waals surface area contributed by atoms with E-state index >= 15 is 0 Å². The van der Waals surface area contributed by atoms with Crippen LogP contribution in [0.1, 0.15) is 68.9 Å². The van der Waals surface area contributed by atoms with Crippen LogP contribution in [0, 0.1) is 17.8 Å². The molecule has 1 saturated carbocycles. The van der Waals surface area contributed by atoms with E-state index in [0.29, 0.717) is 43.2 Å². The minimum Gasteiger partial charge on any atom is -0.459 e. The highest BCUT2D eigenvalue weighted by atomic mass is 16.7. The lowest BCUT2D eigenvalue weighted by molar-refractivity contribution is -0.253. The average Bonchev–Trinajstić information content (AvgIpc) is 3.16. The molecular weight excluding hydrogens is 666 g/mol. The number of hydrogen-bond donors (Lipinski definition) is 3. The van der Waals surface area contributed by atoms with E-state index in [1.807, 2.05) is 43.3 Å². The minimum atomic E-state index is -1.38. The summed E-state index contributed by atoms with van der Waals surface area (Å²) in [5.74, 6) is -1.08. The Balaban J connectivity index is 1.66. The zero-order valence-corrected chi connectivity index (χ0v) is 30.5. The number of unbranched alkanes of at least 4 members (excludes halogenated alkanes) is 2. The first-order valence-corrected chi connectivity index (χ1v) is 18.3. The van der Waals surface area contributed by atoms with Crippen LogP contribution in [0.5, 0.6) is 11.5 Å². The van der Waals surface area contributed by atoms with E-state index in [1.54, 1.807) is 25.3 Å². The molecule has 0 spiro atoms. The summed E-state index contributed by atoms with van der Waals surface area (Å²) >= 11 is 0. The van der Waals surface area contributed by atoms with Crippen LogP contribution in [-0.4, -0.2) is 85.4 Å². The van der Waals surface area contributed by atoms with Gasteiger partial charge in [-0.2, -0.15) is 0 Å². The Labute approximate surface area is 306 Å². The molecule has 2 aliphatic carbocycles. The number of benzene rings is 2. The van der Waals surface area contributed by atoms with Crippen LogP contribution in [0.4, 0.5) is 9.59 Å². The van der Waals surface area contributed by atoms with Gasteiger partial charge in [0.05, 0.1) is 25.3 Å². The molecule has 1 aliphatic heterocycles. The fourth-order valence-corrected chi connectivity index (χ4v) is 8.12. The number of likely N-dealkylation sites (N-methyl/N-ethyl adjacent to an activating group) is 1. The average molecular weight is 720 g/mol. The van der Waals surface area contributed by atoms with Crippen molar-refractivity contribution in [1.82, 2.24) is 10.2 Å². The van der Waals surface area contributed by atoms with Gasteiger partial charge in [0.2, 0.25) is 5.79 Å². The van der Waals surface area contributed by atoms with Crippen molar-refractivity contribution in [2.24, 2.45) is 22.9 Å². The maximum atomic E-state index is 13.2. The van der Waals surface area contributed by atoms with Crippen LogP contribution in [0.3, 0.4) is 0 Å². The van der Waals surface area contributed by atoms with E-state index in [4.69, 9.17) is 23.8 Å². The van der Waals surface area contributed by atoms with Gasteiger partial charge in [0.1, 0.15) is 24.1 Å². The molecule has 1 fully saturated rings. The standard InChI is InChI=1S/C40H53N3O9/c1-5-22-49-40-35(43(3)39(47)48-4)25-33(42-50-6-2)31-23-28(16-10-12-20-44)30(17-11-13-21-45)36(37(31)40)32-24-29(18-19-34(32)52-40)51-38(46)41-26-27-14-8-7-9-15-27/h5,7-9,14-15,18-19,23-24,28,30,35-37,44-45H,1,6,10-13,16-17,20-22,25-26H2,2-4H3,(H,41,46). The molecule has 0 aromatic heterocycles. The Morgan fingerprint density at radius 2 is 1.85 bits per heavy atom. The maximum absolute atomic E-state index is 13.2. The van der Waals surface area contributed by atoms with Crippen LogP contribution in [-0.2, 0) is 20.9 Å². The molecule has 6 atom stereocenters. The van der Waals surface area contributed by atoms with Crippen molar-refractivity contribution in [3.05, 3.63) is 84.0 Å². The highest BCUT2D eigenvalue weighted by Crippen LogP contribution is 2.61. The second-order valence-electron chi connectivity index (χ2n) is 13.5. The number of rotatable bonds is 17. The Kier molecular flexibility index (Phi) is 13.7. The van der Waals surface area contributed by atoms with Gasteiger partial charge < -0.3 is 44.2 Å². The number of fused-ring (bicyclic) bond motifs is 2. The lowest BCUT2D eigenvalue weighted by Crippen LogP contribution is -2.69. The fraction of sp³-hybridized carbons (Fsp3) is 0.525. The van der Waals surface area contributed by atoms with E-state index in [0.717, 1.165) is 42.4 Å². The summed E-state index contributed by atoms with van der Waals surface area (Å²) in [6, 6.07) is 14.3. The number of hydrogen-bond acceptors (Lipinski definition) is 10. The molecule has 0 saturated heterocycles. The molecule has 2 aromatic carbocycles. The van der Waals surface area contributed by atoms with Crippen LogP contribution in [0.15, 0.2) is 78.0 Å². The molecule has 1 heterocycles. The van der Waals surface area contributed by atoms with Crippen LogP contribution in [0.2, 0.25) is 0 Å². The zero-order valence-electron chi connectivity index (χ0n) is 30.5. The number of allylic oxidation sites excluding steroid dienone is 1. The Hall–Kier alpha value is -4.39. The van der Waals surface area contributed by atoms with Gasteiger partial charge in [-0.05, 0) is 73.8 Å². The number of nitrogens with zero attached hydrogens (tertiary/aromatic N) is 2. The van der Waals surface area contributed by atoms with Crippen molar-refractivity contribution in [2.45, 2.75) is 76.2 Å². The SMILES string of the molecule is C=CCOC12Oc3ccc(OC(=O)NCc4ccccc4)cc3C3C(CCCCO)C(CCCCO)C=C(C(=NOCC)CC1N(C)C(=O)OC)C32. The van der Waals surface area contributed by atoms with Gasteiger partial charge in [0.25, 0.3) is 0 Å². The quantitative estimate of drug-likeness (QED) is 0.0970. The summed E-state index contributed by atoms with van der Waals surface area (Å²) in [4.78, 5) is 33.5. The molecule has 12 heteroatoms. The van der Waals surface area contributed by atoms with Gasteiger partial charge in [0, 0.05) is 44.7 Å². The number of carbonyl (C=O) groups excluding carboxylic acids is 2. The van der Waals surface area contributed by atoms with Crippen LogP contribution < -0.4 is 14.8 Å². The van der Waals surface area contributed by atoms with Gasteiger partial charge in [0.15, 0.2) is 0 Å². The lowest BCUT2D eigenvalue weighted by Gasteiger charge is -2.59. The van der Waals surface area contributed by atoms with E-state index in [2.05, 4.69) is 23.1 Å². The van der Waals surface area contributed by atoms with E-state index in [9.17, 15) is 19.8 Å². The molecule has 2 aromatic rings. The molecule has 2 amide bonds. The summed E-state index contributed by atoms with van der Waals surface area (Å²) in [6.07, 6.45) is 7.58. The number of nitrogens with one attached hydrogen (secondary N) is 1. The highest BCUT2D eigenvalue weighted by Gasteiger charge is 2.65. The molecular formula is C40H53N3O9. The van der Waals surface area contributed by atoms with Crippen molar-refractivity contribution in [2.75, 3.05) is 40.6 Å². The van der Waals surface area contributed by atoms with Gasteiger partial charge >= 0.3 is 12.2 Å². The van der Waals surface area contributed by atoms with E-state index in [1.165, 1.54) is 12.0 Å². The van der Waals surface area contributed by atoms with Gasteiger partial charge in [-0.3, -0.25) is 0 Å². The third kappa shape index (κ3) is 8.46. The number of carbonyl (C=O) groups is 2. The summed E-state index contributed by atoms with van der Waals surface area (Å²) < 4.78 is 24.9. The largest absolute Gasteiger partial charge is 0.459 e. The Morgan fingerprint density at radius 3 is 2.54 bits per heavy atom. The lowest BCUT2D eigenvalue weighted by atomic mass is 9.55. The Bertz CT molecular complexity index is 1580. The predicted molar refractivity (Wildman–Crippen MR) is 196 cm³/mol. The molecule has 3 aliphatic rings. The Morgan fingerprint density at radius 1 is 1.10 bits per heavy atom. The predicted octanol–water partition coefficient (Wildman–Crippen LogP) is 6.33. The van der Waals surface area contributed by atoms with Gasteiger partial charge in [-0.1, -0.05) is 60.5 Å². The molecule has 3 N–H and O–H groups in total. The number of aliphatic hydroxyl groups is 2. The molecule has 5 rings (SSSR count). The third-order valence-corrected chi connectivity index (χ3v) is 10.4. The number of amides is 2. The van der Waals surface area contributed by atoms with Crippen LogP contribution >= 0.6 is 0 Å². The summed E-state index contributed by atoms with van der Waals surface area (Å²) in [5.41, 5.74) is 3.40. The molecule has 6 unspecified atom stereocenters. The first-order valence-electron chi connectivity index (χ1n) is 18.3.